The lowest BCUT2D eigenvalue weighted by atomic mass is 10.3. The number of primary amides is 1. The molecule has 1 aromatic heterocycles. The summed E-state index contributed by atoms with van der Waals surface area (Å²) < 4.78 is 0. The van der Waals surface area contributed by atoms with Crippen molar-refractivity contribution in [1.29, 1.82) is 0 Å². The quantitative estimate of drug-likeness (QED) is 0.741. The van der Waals surface area contributed by atoms with Crippen LogP contribution in [-0.4, -0.2) is 24.0 Å². The van der Waals surface area contributed by atoms with Crippen LogP contribution >= 0.6 is 11.6 Å². The van der Waals surface area contributed by atoms with E-state index < -0.39 is 5.91 Å². The Balaban J connectivity index is 2.95. The van der Waals surface area contributed by atoms with E-state index in [1.54, 1.807) is 17.0 Å². The fraction of sp³-hybridized carbons (Fsp3) is 0.333. The molecule has 0 radical (unpaired) electrons. The van der Waals surface area contributed by atoms with Crippen molar-refractivity contribution >= 4 is 29.0 Å². The zero-order valence-corrected chi connectivity index (χ0v) is 9.16. The Morgan fingerprint density at radius 1 is 1.60 bits per heavy atom. The van der Waals surface area contributed by atoms with Crippen molar-refractivity contribution in [2.75, 3.05) is 23.7 Å². The lowest BCUT2D eigenvalue weighted by Crippen LogP contribution is -2.34. The molecule has 0 aliphatic rings. The number of aromatic nitrogens is 1. The first-order chi connectivity index (χ1) is 7.02. The second kappa shape index (κ2) is 4.84. The number of halogens is 1. The number of rotatable bonds is 4. The molecule has 82 valence electrons. The first-order valence-corrected chi connectivity index (χ1v) is 4.87. The van der Waals surface area contributed by atoms with Gasteiger partial charge < -0.3 is 16.4 Å². The summed E-state index contributed by atoms with van der Waals surface area (Å²) in [4.78, 5) is 16.6. The maximum Gasteiger partial charge on any atom is 0.236 e. The highest BCUT2D eigenvalue weighted by Gasteiger charge is 2.09. The van der Waals surface area contributed by atoms with Gasteiger partial charge >= 0.3 is 0 Å². The topological polar surface area (TPSA) is 85.2 Å². The highest BCUT2D eigenvalue weighted by Crippen LogP contribution is 2.19. The largest absolute Gasteiger partial charge is 0.399 e. The third kappa shape index (κ3) is 3.28. The van der Waals surface area contributed by atoms with Gasteiger partial charge in [-0.1, -0.05) is 11.6 Å². The van der Waals surface area contributed by atoms with Gasteiger partial charge in [-0.25, -0.2) is 4.98 Å². The van der Waals surface area contributed by atoms with E-state index in [0.29, 0.717) is 23.2 Å². The van der Waals surface area contributed by atoms with Gasteiger partial charge in [-0.2, -0.15) is 0 Å². The average Bonchev–Trinajstić information content (AvgIpc) is 2.12. The molecule has 0 spiro atoms. The molecule has 0 saturated carbocycles. The molecule has 0 atom stereocenters. The molecular formula is C9H13ClN4O. The van der Waals surface area contributed by atoms with E-state index in [0.717, 1.165) is 0 Å². The van der Waals surface area contributed by atoms with Crippen molar-refractivity contribution in [3.8, 4) is 0 Å². The molecular weight excluding hydrogens is 216 g/mol. The molecule has 4 N–H and O–H groups in total. The van der Waals surface area contributed by atoms with Crippen molar-refractivity contribution in [2.24, 2.45) is 5.73 Å². The summed E-state index contributed by atoms with van der Waals surface area (Å²) in [6.45, 7) is 2.60. The van der Waals surface area contributed by atoms with Crippen LogP contribution < -0.4 is 16.4 Å². The molecule has 0 saturated heterocycles. The molecule has 15 heavy (non-hydrogen) atoms. The van der Waals surface area contributed by atoms with Gasteiger partial charge in [-0.15, -0.1) is 0 Å². The molecule has 0 aliphatic heterocycles. The number of anilines is 2. The summed E-state index contributed by atoms with van der Waals surface area (Å²) in [6, 6.07) is 3.20. The Morgan fingerprint density at radius 3 is 2.73 bits per heavy atom. The van der Waals surface area contributed by atoms with E-state index in [1.807, 2.05) is 6.92 Å². The Hall–Kier alpha value is -1.49. The number of nitrogen functional groups attached to an aromatic ring is 1. The Labute approximate surface area is 93.0 Å². The minimum Gasteiger partial charge on any atom is -0.399 e. The monoisotopic (exact) mass is 228 g/mol. The highest BCUT2D eigenvalue weighted by molar-refractivity contribution is 6.29. The minimum atomic E-state index is -0.419. The third-order valence-corrected chi connectivity index (χ3v) is 2.05. The maximum absolute atomic E-state index is 10.8. The molecule has 5 nitrogen and oxygen atoms in total. The zero-order valence-electron chi connectivity index (χ0n) is 8.40. The fourth-order valence-corrected chi connectivity index (χ4v) is 1.42. The van der Waals surface area contributed by atoms with E-state index in [-0.39, 0.29) is 6.54 Å². The second-order valence-electron chi connectivity index (χ2n) is 3.06. The van der Waals surface area contributed by atoms with Crippen LogP contribution in [0.15, 0.2) is 12.1 Å². The maximum atomic E-state index is 10.8. The van der Waals surface area contributed by atoms with Gasteiger partial charge in [0.05, 0.1) is 6.54 Å². The van der Waals surface area contributed by atoms with E-state index in [4.69, 9.17) is 23.1 Å². The van der Waals surface area contributed by atoms with E-state index in [2.05, 4.69) is 4.98 Å². The number of hydrogen-bond acceptors (Lipinski definition) is 4. The molecule has 0 fully saturated rings. The van der Waals surface area contributed by atoms with Gasteiger partial charge in [0.15, 0.2) is 0 Å². The van der Waals surface area contributed by atoms with E-state index in [9.17, 15) is 4.79 Å². The predicted molar refractivity (Wildman–Crippen MR) is 60.7 cm³/mol. The second-order valence-corrected chi connectivity index (χ2v) is 3.45. The van der Waals surface area contributed by atoms with Crippen LogP contribution in [0, 0.1) is 0 Å². The third-order valence-electron chi connectivity index (χ3n) is 1.86. The number of amides is 1. The Bertz CT molecular complexity index is 349. The van der Waals surface area contributed by atoms with Crippen molar-refractivity contribution in [2.45, 2.75) is 6.92 Å². The van der Waals surface area contributed by atoms with Crippen LogP contribution in [0.5, 0.6) is 0 Å². The predicted octanol–water partition coefficient (Wildman–Crippen LogP) is 0.629. The molecule has 1 heterocycles. The number of carbonyl (C=O) groups excluding carboxylic acids is 1. The fourth-order valence-electron chi connectivity index (χ4n) is 1.21. The first kappa shape index (κ1) is 11.6. The molecule has 1 rings (SSSR count). The normalized spacial score (nSPS) is 10.0. The number of carbonyl (C=O) groups is 1. The van der Waals surface area contributed by atoms with Crippen molar-refractivity contribution in [3.63, 3.8) is 0 Å². The molecule has 1 aromatic rings. The summed E-state index contributed by atoms with van der Waals surface area (Å²) in [5.41, 5.74) is 11.2. The number of nitrogens with zero attached hydrogens (tertiary/aromatic N) is 2. The first-order valence-electron chi connectivity index (χ1n) is 4.49. The smallest absolute Gasteiger partial charge is 0.236 e. The number of likely N-dealkylation sites (N-methyl/N-ethyl adjacent to an activating group) is 1. The van der Waals surface area contributed by atoms with Crippen molar-refractivity contribution < 1.29 is 4.79 Å². The number of nitrogens with two attached hydrogens (primary N) is 2. The van der Waals surface area contributed by atoms with E-state index in [1.165, 1.54) is 0 Å². The minimum absolute atomic E-state index is 0.100. The van der Waals surface area contributed by atoms with Gasteiger partial charge in [-0.05, 0) is 13.0 Å². The summed E-state index contributed by atoms with van der Waals surface area (Å²) in [6.07, 6.45) is 0. The van der Waals surface area contributed by atoms with Gasteiger partial charge in [0.25, 0.3) is 0 Å². The van der Waals surface area contributed by atoms with Crippen LogP contribution in [0.25, 0.3) is 0 Å². The summed E-state index contributed by atoms with van der Waals surface area (Å²) in [5.74, 6) is 0.137. The number of hydrogen-bond donors (Lipinski definition) is 2. The molecule has 0 bridgehead atoms. The van der Waals surface area contributed by atoms with Crippen molar-refractivity contribution in [3.05, 3.63) is 17.3 Å². The van der Waals surface area contributed by atoms with Crippen LogP contribution in [-0.2, 0) is 4.79 Å². The summed E-state index contributed by atoms with van der Waals surface area (Å²) in [7, 11) is 0. The molecule has 0 aromatic carbocycles. The highest BCUT2D eigenvalue weighted by atomic mass is 35.5. The Morgan fingerprint density at radius 2 is 2.27 bits per heavy atom. The van der Waals surface area contributed by atoms with Crippen LogP contribution in [0.2, 0.25) is 5.15 Å². The van der Waals surface area contributed by atoms with Gasteiger partial charge in [0.1, 0.15) is 11.0 Å². The van der Waals surface area contributed by atoms with Crippen LogP contribution in [0.3, 0.4) is 0 Å². The Kier molecular flexibility index (Phi) is 3.74. The standard InChI is InChI=1S/C9H13ClN4O/c1-2-14(5-8(12)15)9-4-6(11)3-7(10)13-9/h3-4H,2,5H2,1H3,(H2,11,13)(H2,12,15). The average molecular weight is 229 g/mol. The van der Waals surface area contributed by atoms with Gasteiger partial charge in [0, 0.05) is 18.3 Å². The lowest BCUT2D eigenvalue weighted by Gasteiger charge is -2.20. The zero-order chi connectivity index (χ0) is 11.4. The number of pyridine rings is 1. The van der Waals surface area contributed by atoms with E-state index >= 15 is 0 Å². The van der Waals surface area contributed by atoms with Crippen LogP contribution in [0.4, 0.5) is 11.5 Å². The lowest BCUT2D eigenvalue weighted by molar-refractivity contribution is -0.116. The van der Waals surface area contributed by atoms with Gasteiger partial charge in [-0.3, -0.25) is 4.79 Å². The summed E-state index contributed by atoms with van der Waals surface area (Å²) >= 11 is 5.75. The SMILES string of the molecule is CCN(CC(N)=O)c1cc(N)cc(Cl)n1. The van der Waals surface area contributed by atoms with Crippen molar-refractivity contribution in [1.82, 2.24) is 4.98 Å². The molecule has 0 unspecified atom stereocenters. The van der Waals surface area contributed by atoms with Crippen LogP contribution in [0.1, 0.15) is 6.92 Å². The molecule has 0 aliphatic carbocycles. The molecule has 6 heteroatoms. The molecule has 1 amide bonds. The summed E-state index contributed by atoms with van der Waals surface area (Å²) in [5, 5.41) is 0.299. The van der Waals surface area contributed by atoms with Gasteiger partial charge in [0.2, 0.25) is 5.91 Å².